The van der Waals surface area contributed by atoms with E-state index in [1.807, 2.05) is 0 Å². The lowest BCUT2D eigenvalue weighted by molar-refractivity contribution is 0.187. The number of hydrogen-bond donors (Lipinski definition) is 1. The standard InChI is InChI=1S/C7H8N2OS/c1-3-4-6(10)7-5(2)8-9-11-7/h1,6,10H,4H2,2H3. The molecule has 1 unspecified atom stereocenters. The fourth-order valence-corrected chi connectivity index (χ4v) is 1.38. The first-order chi connectivity index (χ1) is 5.25. The van der Waals surface area contributed by atoms with E-state index in [-0.39, 0.29) is 0 Å². The molecule has 1 aromatic heterocycles. The van der Waals surface area contributed by atoms with E-state index in [4.69, 9.17) is 6.42 Å². The average Bonchev–Trinajstić information content (AvgIpc) is 2.36. The molecular weight excluding hydrogens is 160 g/mol. The van der Waals surface area contributed by atoms with Crippen LogP contribution < -0.4 is 0 Å². The lowest BCUT2D eigenvalue weighted by atomic mass is 10.2. The summed E-state index contributed by atoms with van der Waals surface area (Å²) in [5.74, 6) is 2.38. The topological polar surface area (TPSA) is 46.0 Å². The fraction of sp³-hybridized carbons (Fsp3) is 0.429. The molecule has 4 heteroatoms. The average molecular weight is 168 g/mol. The molecule has 1 heterocycles. The molecule has 0 fully saturated rings. The maximum atomic E-state index is 9.38. The van der Waals surface area contributed by atoms with Crippen LogP contribution in [0.25, 0.3) is 0 Å². The van der Waals surface area contributed by atoms with E-state index >= 15 is 0 Å². The summed E-state index contributed by atoms with van der Waals surface area (Å²) < 4.78 is 3.69. The molecule has 0 aliphatic heterocycles. The van der Waals surface area contributed by atoms with Crippen LogP contribution in [0.15, 0.2) is 0 Å². The second kappa shape index (κ2) is 3.46. The van der Waals surface area contributed by atoms with Crippen LogP contribution in [0, 0.1) is 19.3 Å². The Labute approximate surface area is 69.2 Å². The molecular formula is C7H8N2OS. The van der Waals surface area contributed by atoms with E-state index in [0.29, 0.717) is 6.42 Å². The third-order valence-corrected chi connectivity index (χ3v) is 2.23. The zero-order valence-corrected chi connectivity index (χ0v) is 6.93. The van der Waals surface area contributed by atoms with Gasteiger partial charge in [0.25, 0.3) is 0 Å². The zero-order valence-electron chi connectivity index (χ0n) is 6.11. The molecule has 0 amide bonds. The Kier molecular flexibility index (Phi) is 2.58. The molecule has 0 radical (unpaired) electrons. The van der Waals surface area contributed by atoms with Crippen LogP contribution in [0.4, 0.5) is 0 Å². The van der Waals surface area contributed by atoms with E-state index in [9.17, 15) is 5.11 Å². The van der Waals surface area contributed by atoms with Gasteiger partial charge in [-0.3, -0.25) is 0 Å². The molecule has 3 nitrogen and oxygen atoms in total. The first-order valence-electron chi connectivity index (χ1n) is 3.16. The molecule has 0 saturated heterocycles. The molecule has 1 rings (SSSR count). The fourth-order valence-electron chi connectivity index (χ4n) is 0.747. The predicted octanol–water partition coefficient (Wildman–Crippen LogP) is 0.903. The van der Waals surface area contributed by atoms with Crippen LogP contribution in [0.1, 0.15) is 23.1 Å². The van der Waals surface area contributed by atoms with Crippen LogP contribution >= 0.6 is 11.5 Å². The van der Waals surface area contributed by atoms with Crippen LogP contribution in [0.2, 0.25) is 0 Å². The van der Waals surface area contributed by atoms with Crippen LogP contribution in [0.3, 0.4) is 0 Å². The second-order valence-electron chi connectivity index (χ2n) is 2.15. The number of aromatic nitrogens is 2. The molecule has 1 atom stereocenters. The molecule has 1 aromatic rings. The highest BCUT2D eigenvalue weighted by Gasteiger charge is 2.12. The molecule has 0 aliphatic carbocycles. The van der Waals surface area contributed by atoms with Gasteiger partial charge < -0.3 is 5.11 Å². The Morgan fingerprint density at radius 1 is 1.82 bits per heavy atom. The molecule has 0 aliphatic rings. The van der Waals surface area contributed by atoms with Crippen molar-refractivity contribution >= 4 is 11.5 Å². The Bertz CT molecular complexity index is 276. The first kappa shape index (κ1) is 8.18. The molecule has 0 bridgehead atoms. The van der Waals surface area contributed by atoms with Gasteiger partial charge in [-0.1, -0.05) is 4.49 Å². The Hall–Kier alpha value is -0.920. The third kappa shape index (κ3) is 1.76. The van der Waals surface area contributed by atoms with Gasteiger partial charge in [0.1, 0.15) is 6.10 Å². The van der Waals surface area contributed by atoms with E-state index in [0.717, 1.165) is 10.6 Å². The van der Waals surface area contributed by atoms with Crippen molar-refractivity contribution in [3.8, 4) is 12.3 Å². The number of rotatable bonds is 2. The van der Waals surface area contributed by atoms with Gasteiger partial charge in [-0.15, -0.1) is 17.4 Å². The van der Waals surface area contributed by atoms with Gasteiger partial charge in [-0.2, -0.15) is 0 Å². The molecule has 58 valence electrons. The van der Waals surface area contributed by atoms with Gasteiger partial charge in [0.2, 0.25) is 0 Å². The van der Waals surface area contributed by atoms with Gasteiger partial charge in [0, 0.05) is 6.42 Å². The summed E-state index contributed by atoms with van der Waals surface area (Å²) in [5, 5.41) is 13.1. The maximum absolute atomic E-state index is 9.38. The number of terminal acetylenes is 1. The maximum Gasteiger partial charge on any atom is 0.103 e. The van der Waals surface area contributed by atoms with E-state index in [2.05, 4.69) is 15.5 Å². The van der Waals surface area contributed by atoms with Crippen molar-refractivity contribution in [1.82, 2.24) is 9.59 Å². The van der Waals surface area contributed by atoms with Gasteiger partial charge in [0.05, 0.1) is 10.6 Å². The SMILES string of the molecule is C#CCC(O)c1snnc1C. The lowest BCUT2D eigenvalue weighted by Crippen LogP contribution is -1.94. The van der Waals surface area contributed by atoms with E-state index in [1.165, 1.54) is 11.5 Å². The van der Waals surface area contributed by atoms with Crippen LogP contribution in [0.5, 0.6) is 0 Å². The highest BCUT2D eigenvalue weighted by atomic mass is 32.1. The van der Waals surface area contributed by atoms with Crippen molar-refractivity contribution in [3.05, 3.63) is 10.6 Å². The zero-order chi connectivity index (χ0) is 8.27. The molecule has 0 spiro atoms. The highest BCUT2D eigenvalue weighted by Crippen LogP contribution is 2.21. The van der Waals surface area contributed by atoms with E-state index < -0.39 is 6.10 Å². The Morgan fingerprint density at radius 3 is 3.00 bits per heavy atom. The summed E-state index contributed by atoms with van der Waals surface area (Å²) in [6.07, 6.45) is 4.77. The van der Waals surface area contributed by atoms with Gasteiger partial charge in [-0.05, 0) is 18.5 Å². The normalized spacial score (nSPS) is 12.5. The molecule has 11 heavy (non-hydrogen) atoms. The number of aliphatic hydroxyl groups is 1. The summed E-state index contributed by atoms with van der Waals surface area (Å²) in [7, 11) is 0. The van der Waals surface area contributed by atoms with Crippen molar-refractivity contribution in [1.29, 1.82) is 0 Å². The van der Waals surface area contributed by atoms with Crippen molar-refractivity contribution in [2.75, 3.05) is 0 Å². The van der Waals surface area contributed by atoms with Crippen LogP contribution in [-0.4, -0.2) is 14.7 Å². The monoisotopic (exact) mass is 168 g/mol. The van der Waals surface area contributed by atoms with Gasteiger partial charge in [0.15, 0.2) is 0 Å². The van der Waals surface area contributed by atoms with Gasteiger partial charge in [-0.25, -0.2) is 0 Å². The summed E-state index contributed by atoms with van der Waals surface area (Å²) >= 11 is 1.19. The van der Waals surface area contributed by atoms with Crippen molar-refractivity contribution in [2.24, 2.45) is 0 Å². The van der Waals surface area contributed by atoms with E-state index in [1.54, 1.807) is 6.92 Å². The van der Waals surface area contributed by atoms with Crippen molar-refractivity contribution in [3.63, 3.8) is 0 Å². The summed E-state index contributed by atoms with van der Waals surface area (Å²) in [4.78, 5) is 0.767. The number of hydrogen-bond acceptors (Lipinski definition) is 4. The van der Waals surface area contributed by atoms with Crippen molar-refractivity contribution < 1.29 is 5.11 Å². The van der Waals surface area contributed by atoms with Crippen molar-refractivity contribution in [2.45, 2.75) is 19.4 Å². The molecule has 1 N–H and O–H groups in total. The number of aliphatic hydroxyl groups excluding tert-OH is 1. The number of nitrogens with zero attached hydrogens (tertiary/aromatic N) is 2. The predicted molar refractivity (Wildman–Crippen MR) is 43.1 cm³/mol. The molecule has 0 saturated carbocycles. The Balaban J connectivity index is 2.77. The minimum Gasteiger partial charge on any atom is -0.386 e. The number of aryl methyl sites for hydroxylation is 1. The summed E-state index contributed by atoms with van der Waals surface area (Å²) in [6.45, 7) is 1.80. The third-order valence-electron chi connectivity index (χ3n) is 1.30. The minimum atomic E-state index is -0.597. The largest absolute Gasteiger partial charge is 0.386 e. The summed E-state index contributed by atoms with van der Waals surface area (Å²) in [5.41, 5.74) is 0.762. The van der Waals surface area contributed by atoms with Gasteiger partial charge >= 0.3 is 0 Å². The molecule has 0 aromatic carbocycles. The first-order valence-corrected chi connectivity index (χ1v) is 3.93. The van der Waals surface area contributed by atoms with Crippen LogP contribution in [-0.2, 0) is 0 Å². The minimum absolute atomic E-state index is 0.324. The lowest BCUT2D eigenvalue weighted by Gasteiger charge is -2.01. The second-order valence-corrected chi connectivity index (χ2v) is 2.93. The highest BCUT2D eigenvalue weighted by molar-refractivity contribution is 7.05. The quantitative estimate of drug-likeness (QED) is 0.667. The summed E-state index contributed by atoms with van der Waals surface area (Å²) in [6, 6.07) is 0. The Morgan fingerprint density at radius 2 is 2.55 bits per heavy atom. The smallest absolute Gasteiger partial charge is 0.103 e.